The van der Waals surface area contributed by atoms with Gasteiger partial charge in [0.15, 0.2) is 0 Å². The second-order valence-corrected chi connectivity index (χ2v) is 7.13. The van der Waals surface area contributed by atoms with Crippen LogP contribution >= 0.6 is 24.8 Å². The zero-order chi connectivity index (χ0) is 7.52. The molecule has 2 rings (SSSR count). The summed E-state index contributed by atoms with van der Waals surface area (Å²) in [6.07, 6.45) is 16.0. The van der Waals surface area contributed by atoms with E-state index in [4.69, 9.17) is 0 Å². The molecule has 3 heteroatoms. The zero-order valence-electron chi connectivity index (χ0n) is 7.10. The van der Waals surface area contributed by atoms with Gasteiger partial charge in [-0.3, -0.25) is 0 Å². The molecule has 0 amide bonds. The molecule has 0 bridgehead atoms. The average Bonchev–Trinajstić information content (AvgIpc) is 2.60. The molecule has 0 nitrogen and oxygen atoms in total. The van der Waals surface area contributed by atoms with Crippen LogP contribution in [0.5, 0.6) is 0 Å². The van der Waals surface area contributed by atoms with Crippen LogP contribution in [0.2, 0.25) is 0 Å². The Balaban J connectivity index is 0.000000720. The standard InChI is InChI=1S/2C5H5.2ClH.W/c2*1-2-4-5-3-1;;;/h2*1-3H,4H2;2*1H;. The second-order valence-electron chi connectivity index (χ2n) is 2.63. The average molecular weight is 387 g/mol. The molecule has 0 fully saturated rings. The van der Waals surface area contributed by atoms with Crippen LogP contribution in [0.15, 0.2) is 44.4 Å². The third-order valence-corrected chi connectivity index (χ3v) is 5.80. The minimum absolute atomic E-state index is 0. The number of rotatable bonds is 2. The Morgan fingerprint density at radius 1 is 0.846 bits per heavy atom. The summed E-state index contributed by atoms with van der Waals surface area (Å²) in [4.78, 5) is 0. The molecule has 0 saturated carbocycles. The molecule has 2 aliphatic rings. The maximum atomic E-state index is 2.31. The molecule has 0 saturated heterocycles. The summed E-state index contributed by atoms with van der Waals surface area (Å²) in [7, 11) is 0. The molecular formula is C10H12Cl2W. The molecule has 0 heterocycles. The van der Waals surface area contributed by atoms with Crippen LogP contribution in [0.1, 0.15) is 12.8 Å². The van der Waals surface area contributed by atoms with Crippen molar-refractivity contribution in [2.24, 2.45) is 0 Å². The first kappa shape index (κ1) is 13.2. The monoisotopic (exact) mass is 386 g/mol. The van der Waals surface area contributed by atoms with Gasteiger partial charge < -0.3 is 0 Å². The smallest absolute Gasteiger partial charge is 0.147 e. The number of halogens is 2. The SMILES string of the molecule is C1=CC[C]([W][C]2=CC=CC2)=C1.Cl.Cl. The predicted molar refractivity (Wildman–Crippen MR) is 58.2 cm³/mol. The molecule has 13 heavy (non-hydrogen) atoms. The van der Waals surface area contributed by atoms with Crippen LogP contribution in [0, 0.1) is 0 Å². The Labute approximate surface area is 100 Å². The van der Waals surface area contributed by atoms with Crippen molar-refractivity contribution in [1.29, 1.82) is 0 Å². The molecule has 0 aromatic carbocycles. The summed E-state index contributed by atoms with van der Waals surface area (Å²) in [6.45, 7) is 0. The summed E-state index contributed by atoms with van der Waals surface area (Å²) in [5.74, 6) is 0. The van der Waals surface area contributed by atoms with E-state index in [0.717, 1.165) is 0 Å². The molecule has 0 atom stereocenters. The fraction of sp³-hybridized carbons (Fsp3) is 0.200. The summed E-state index contributed by atoms with van der Waals surface area (Å²) in [5.41, 5.74) is 0. The summed E-state index contributed by atoms with van der Waals surface area (Å²) in [6, 6.07) is 0. The summed E-state index contributed by atoms with van der Waals surface area (Å²) >= 11 is -0.282. The molecule has 0 radical (unpaired) electrons. The van der Waals surface area contributed by atoms with Gasteiger partial charge in [-0.25, -0.2) is 0 Å². The van der Waals surface area contributed by atoms with E-state index < -0.39 is 0 Å². The molecule has 0 N–H and O–H groups in total. The van der Waals surface area contributed by atoms with Gasteiger partial charge in [-0.15, -0.1) is 24.8 Å². The van der Waals surface area contributed by atoms with Gasteiger partial charge in [0.05, 0.1) is 0 Å². The molecular weight excluding hydrogens is 375 g/mol. The van der Waals surface area contributed by atoms with Crippen LogP contribution in [0.4, 0.5) is 0 Å². The fourth-order valence-corrected chi connectivity index (χ4v) is 4.73. The van der Waals surface area contributed by atoms with Gasteiger partial charge in [0.1, 0.15) is 0 Å². The Bertz CT molecular complexity index is 247. The van der Waals surface area contributed by atoms with Crippen molar-refractivity contribution < 1.29 is 18.6 Å². The molecule has 2 aliphatic carbocycles. The van der Waals surface area contributed by atoms with Crippen molar-refractivity contribution in [2.75, 3.05) is 0 Å². The molecule has 0 aromatic rings. The van der Waals surface area contributed by atoms with Crippen LogP contribution in [0.3, 0.4) is 0 Å². The van der Waals surface area contributed by atoms with E-state index in [1.807, 2.05) is 0 Å². The first-order valence-electron chi connectivity index (χ1n) is 3.84. The molecule has 0 aromatic heterocycles. The zero-order valence-corrected chi connectivity index (χ0v) is 11.7. The Morgan fingerprint density at radius 3 is 1.62 bits per heavy atom. The van der Waals surface area contributed by atoms with Gasteiger partial charge in [-0.2, -0.15) is 0 Å². The van der Waals surface area contributed by atoms with E-state index in [1.165, 1.54) is 12.8 Å². The van der Waals surface area contributed by atoms with Crippen LogP contribution < -0.4 is 0 Å². The molecule has 0 aliphatic heterocycles. The quantitative estimate of drug-likeness (QED) is 0.680. The summed E-state index contributed by atoms with van der Waals surface area (Å²) < 4.78 is 3.44. The van der Waals surface area contributed by atoms with Gasteiger partial charge in [-0.1, -0.05) is 0 Å². The van der Waals surface area contributed by atoms with Crippen LogP contribution in [-0.2, 0) is 18.6 Å². The van der Waals surface area contributed by atoms with E-state index in [2.05, 4.69) is 36.5 Å². The first-order chi connectivity index (χ1) is 5.45. The van der Waals surface area contributed by atoms with Crippen molar-refractivity contribution in [3.05, 3.63) is 44.4 Å². The second kappa shape index (κ2) is 6.65. The van der Waals surface area contributed by atoms with E-state index in [-0.39, 0.29) is 43.4 Å². The minimum Gasteiger partial charge on any atom is -0.147 e. The Kier molecular flexibility index (Phi) is 6.76. The maximum Gasteiger partial charge on any atom is -0.147 e. The van der Waals surface area contributed by atoms with Crippen LogP contribution in [0.25, 0.3) is 0 Å². The fourth-order valence-electron chi connectivity index (χ4n) is 1.17. The van der Waals surface area contributed by atoms with E-state index in [1.54, 1.807) is 7.93 Å². The van der Waals surface area contributed by atoms with E-state index in [0.29, 0.717) is 0 Å². The first-order valence-corrected chi connectivity index (χ1v) is 6.78. The molecule has 0 unspecified atom stereocenters. The third-order valence-electron chi connectivity index (χ3n) is 1.74. The minimum atomic E-state index is -0.282. The van der Waals surface area contributed by atoms with Crippen molar-refractivity contribution >= 4 is 24.8 Å². The van der Waals surface area contributed by atoms with Crippen molar-refractivity contribution in [3.8, 4) is 0 Å². The van der Waals surface area contributed by atoms with Crippen LogP contribution in [-0.4, -0.2) is 0 Å². The van der Waals surface area contributed by atoms with Gasteiger partial charge >= 0.3 is 75.8 Å². The molecule has 0 spiro atoms. The predicted octanol–water partition coefficient (Wildman–Crippen LogP) is 3.60. The number of hydrogen-bond acceptors (Lipinski definition) is 0. The summed E-state index contributed by atoms with van der Waals surface area (Å²) in [5, 5.41) is 0. The maximum absolute atomic E-state index is 2.31. The van der Waals surface area contributed by atoms with Gasteiger partial charge in [0.25, 0.3) is 0 Å². The van der Waals surface area contributed by atoms with Crippen molar-refractivity contribution in [1.82, 2.24) is 0 Å². The topological polar surface area (TPSA) is 0 Å². The Morgan fingerprint density at radius 2 is 1.31 bits per heavy atom. The van der Waals surface area contributed by atoms with Gasteiger partial charge in [-0.05, 0) is 0 Å². The third kappa shape index (κ3) is 3.85. The molecule has 72 valence electrons. The van der Waals surface area contributed by atoms with Gasteiger partial charge in [0, 0.05) is 0 Å². The van der Waals surface area contributed by atoms with Gasteiger partial charge in [0.2, 0.25) is 0 Å². The Hall–Kier alpha value is 0.228. The largest absolute Gasteiger partial charge is 0.147 e. The van der Waals surface area contributed by atoms with E-state index >= 15 is 0 Å². The number of hydrogen-bond donors (Lipinski definition) is 0. The van der Waals surface area contributed by atoms with E-state index in [9.17, 15) is 0 Å². The van der Waals surface area contributed by atoms with Crippen molar-refractivity contribution in [2.45, 2.75) is 12.8 Å². The normalized spacial score (nSPS) is 17.5. The van der Waals surface area contributed by atoms with Crippen molar-refractivity contribution in [3.63, 3.8) is 0 Å². The number of allylic oxidation sites excluding steroid dienone is 8.